The lowest BCUT2D eigenvalue weighted by molar-refractivity contribution is -0.137. The fourth-order valence-electron chi connectivity index (χ4n) is 8.98. The van der Waals surface area contributed by atoms with Crippen LogP contribution >= 0.6 is 22.7 Å². The zero-order valence-corrected chi connectivity index (χ0v) is 38.4. The van der Waals surface area contributed by atoms with E-state index in [2.05, 4.69) is 67.7 Å². The van der Waals surface area contributed by atoms with E-state index in [-0.39, 0.29) is 42.0 Å². The number of nitrogens with zero attached hydrogens (tertiary/aromatic N) is 4. The molecule has 6 aromatic rings. The SMILES string of the molecule is CCCCC(=O)C[C@H](C(=O)N1CCC[C@H]1c1ncc(-c2ccc(-c3ccc(-c4cnc([C@@H]5CCCN5C(=O)[C@H](NC(=O)CCCC)c5ccccc5)s4)cc3)cc2)s1)c1ccccc1. The summed E-state index contributed by atoms with van der Waals surface area (Å²) in [7, 11) is 0. The van der Waals surface area contributed by atoms with Crippen molar-refractivity contribution in [2.45, 2.75) is 109 Å². The molecule has 0 bridgehead atoms. The standard InChI is InChI=1S/C53H57N5O4S2/c1-3-5-19-42(59)33-43(38-15-9-7-10-16-38)52(61)57-31-13-20-44(57)50-54-34-46(63-50)39-27-23-36(24-28-39)37-25-29-40(30-26-37)47-35-55-51(64-47)45-21-14-32-58(45)53(62)49(41-17-11-8-12-18-41)56-48(60)22-6-4-2/h7-12,15-18,23-30,34-35,43-45,49H,3-6,13-14,19-22,31-33H2,1-2H3,(H,56,60)/t43-,44-,45-,49+/m0/s1. The van der Waals surface area contributed by atoms with Gasteiger partial charge in [-0.1, -0.05) is 136 Å². The maximum Gasteiger partial charge on any atom is 0.250 e. The molecule has 11 heteroatoms. The molecule has 0 spiro atoms. The van der Waals surface area contributed by atoms with Gasteiger partial charge in [0.2, 0.25) is 17.7 Å². The average molecular weight is 892 g/mol. The van der Waals surface area contributed by atoms with Crippen molar-refractivity contribution in [3.05, 3.63) is 143 Å². The third-order valence-corrected chi connectivity index (χ3v) is 14.8. The molecular weight excluding hydrogens is 835 g/mol. The van der Waals surface area contributed by atoms with E-state index < -0.39 is 12.0 Å². The van der Waals surface area contributed by atoms with E-state index in [1.807, 2.05) is 82.9 Å². The Morgan fingerprint density at radius 3 is 1.59 bits per heavy atom. The number of rotatable bonds is 18. The minimum atomic E-state index is -0.732. The number of Topliss-reactive ketones (excluding diaryl/α,β-unsaturated/α-hetero) is 1. The smallest absolute Gasteiger partial charge is 0.250 e. The zero-order chi connectivity index (χ0) is 44.4. The van der Waals surface area contributed by atoms with Crippen LogP contribution in [0.15, 0.2) is 122 Å². The molecule has 64 heavy (non-hydrogen) atoms. The summed E-state index contributed by atoms with van der Waals surface area (Å²) in [4.78, 5) is 69.9. The first-order valence-corrected chi connectivity index (χ1v) is 24.6. The number of ketones is 1. The lowest BCUT2D eigenvalue weighted by Crippen LogP contribution is -2.42. The Labute approximate surface area is 385 Å². The molecule has 0 radical (unpaired) electrons. The van der Waals surface area contributed by atoms with Crippen LogP contribution in [0.25, 0.3) is 32.0 Å². The van der Waals surface area contributed by atoms with Crippen LogP contribution in [0.5, 0.6) is 0 Å². The molecule has 8 rings (SSSR count). The Bertz CT molecular complexity index is 2330. The Morgan fingerprint density at radius 2 is 1.08 bits per heavy atom. The summed E-state index contributed by atoms with van der Waals surface area (Å²) in [5, 5.41) is 4.89. The summed E-state index contributed by atoms with van der Waals surface area (Å²) in [6, 6.07) is 35.4. The maximum atomic E-state index is 14.2. The van der Waals surface area contributed by atoms with Gasteiger partial charge in [-0.05, 0) is 71.9 Å². The molecule has 2 aliphatic rings. The lowest BCUT2D eigenvalue weighted by atomic mass is 9.90. The van der Waals surface area contributed by atoms with Gasteiger partial charge >= 0.3 is 0 Å². The molecule has 330 valence electrons. The molecule has 0 saturated carbocycles. The summed E-state index contributed by atoms with van der Waals surface area (Å²) < 4.78 is 0. The van der Waals surface area contributed by atoms with Crippen molar-refractivity contribution in [2.75, 3.05) is 13.1 Å². The number of aromatic nitrogens is 2. The predicted molar refractivity (Wildman–Crippen MR) is 257 cm³/mol. The van der Waals surface area contributed by atoms with Crippen LogP contribution in [0.3, 0.4) is 0 Å². The van der Waals surface area contributed by atoms with Crippen LogP contribution in [0.1, 0.15) is 130 Å². The van der Waals surface area contributed by atoms with E-state index in [4.69, 9.17) is 9.97 Å². The van der Waals surface area contributed by atoms with Crippen molar-refractivity contribution in [2.24, 2.45) is 0 Å². The molecule has 9 nitrogen and oxygen atoms in total. The van der Waals surface area contributed by atoms with E-state index in [0.717, 1.165) is 105 Å². The van der Waals surface area contributed by atoms with Gasteiger partial charge in [-0.15, -0.1) is 22.7 Å². The van der Waals surface area contributed by atoms with E-state index in [1.54, 1.807) is 22.7 Å². The van der Waals surface area contributed by atoms with Crippen molar-refractivity contribution in [3.63, 3.8) is 0 Å². The van der Waals surface area contributed by atoms with Gasteiger partial charge in [-0.2, -0.15) is 0 Å². The van der Waals surface area contributed by atoms with E-state index in [9.17, 15) is 19.2 Å². The Hall–Kier alpha value is -5.78. The predicted octanol–water partition coefficient (Wildman–Crippen LogP) is 11.9. The molecule has 4 aromatic carbocycles. The first-order valence-electron chi connectivity index (χ1n) is 23.0. The molecule has 1 N–H and O–H groups in total. The maximum absolute atomic E-state index is 14.2. The van der Waals surface area contributed by atoms with Crippen molar-refractivity contribution < 1.29 is 19.2 Å². The monoisotopic (exact) mass is 891 g/mol. The molecule has 2 fully saturated rings. The van der Waals surface area contributed by atoms with Crippen LogP contribution in [0, 0.1) is 0 Å². The number of carbonyl (C=O) groups is 4. The number of hydrogen-bond acceptors (Lipinski definition) is 8. The highest BCUT2D eigenvalue weighted by atomic mass is 32.1. The quantitative estimate of drug-likeness (QED) is 0.0919. The Kier molecular flexibility index (Phi) is 14.9. The number of carbonyl (C=O) groups excluding carboxylic acids is 4. The second-order valence-electron chi connectivity index (χ2n) is 17.0. The molecule has 0 unspecified atom stereocenters. The molecule has 2 aromatic heterocycles. The van der Waals surface area contributed by atoms with Crippen molar-refractivity contribution in [1.29, 1.82) is 0 Å². The van der Waals surface area contributed by atoms with E-state index in [0.29, 0.717) is 25.9 Å². The Balaban J connectivity index is 0.918. The summed E-state index contributed by atoms with van der Waals surface area (Å²) in [5.41, 5.74) is 6.04. The van der Waals surface area contributed by atoms with E-state index in [1.165, 1.54) is 0 Å². The summed E-state index contributed by atoms with van der Waals surface area (Å²) in [5.74, 6) is -0.511. The zero-order valence-electron chi connectivity index (χ0n) is 36.8. The van der Waals surface area contributed by atoms with Gasteiger partial charge in [-0.25, -0.2) is 9.97 Å². The highest BCUT2D eigenvalue weighted by Gasteiger charge is 2.38. The molecule has 4 atom stereocenters. The minimum absolute atomic E-state index is 0.0202. The number of amides is 3. The molecule has 0 aliphatic carbocycles. The van der Waals surface area contributed by atoms with Gasteiger partial charge < -0.3 is 15.1 Å². The van der Waals surface area contributed by atoms with E-state index >= 15 is 0 Å². The first-order chi connectivity index (χ1) is 31.3. The topological polar surface area (TPSA) is 113 Å². The van der Waals surface area contributed by atoms with Crippen LogP contribution in [-0.2, 0) is 19.2 Å². The van der Waals surface area contributed by atoms with Gasteiger partial charge in [0.25, 0.3) is 0 Å². The van der Waals surface area contributed by atoms with Gasteiger partial charge in [0, 0.05) is 44.7 Å². The third-order valence-electron chi connectivity index (χ3n) is 12.5. The van der Waals surface area contributed by atoms with Gasteiger partial charge in [0.1, 0.15) is 21.8 Å². The number of likely N-dealkylation sites (tertiary alicyclic amines) is 2. The summed E-state index contributed by atoms with van der Waals surface area (Å²) in [6.07, 6.45) is 12.0. The lowest BCUT2D eigenvalue weighted by Gasteiger charge is -2.28. The van der Waals surface area contributed by atoms with Crippen molar-refractivity contribution in [1.82, 2.24) is 25.1 Å². The van der Waals surface area contributed by atoms with Gasteiger partial charge in [0.15, 0.2) is 0 Å². The fourth-order valence-corrected chi connectivity index (χ4v) is 11.1. The van der Waals surface area contributed by atoms with Crippen LogP contribution in [0.2, 0.25) is 0 Å². The van der Waals surface area contributed by atoms with Gasteiger partial charge in [0.05, 0.1) is 27.8 Å². The summed E-state index contributed by atoms with van der Waals surface area (Å²) in [6.45, 7) is 5.43. The minimum Gasteiger partial charge on any atom is -0.341 e. The van der Waals surface area contributed by atoms with Crippen LogP contribution in [-0.4, -0.2) is 56.4 Å². The Morgan fingerprint density at radius 1 is 0.609 bits per heavy atom. The number of hydrogen-bond donors (Lipinski definition) is 1. The normalized spacial score (nSPS) is 17.0. The average Bonchev–Trinajstić information content (AvgIpc) is 4.19. The molecular formula is C53H57N5O4S2. The number of benzene rings is 4. The molecule has 2 aliphatic heterocycles. The second kappa shape index (κ2) is 21.3. The largest absolute Gasteiger partial charge is 0.341 e. The molecule has 2 saturated heterocycles. The third kappa shape index (κ3) is 10.4. The van der Waals surface area contributed by atoms with Crippen molar-refractivity contribution in [3.8, 4) is 32.0 Å². The highest BCUT2D eigenvalue weighted by Crippen LogP contribution is 2.41. The highest BCUT2D eigenvalue weighted by molar-refractivity contribution is 7.15. The molecule has 4 heterocycles. The molecule has 3 amide bonds. The number of unbranched alkanes of at least 4 members (excludes halogenated alkanes) is 2. The number of nitrogens with one attached hydrogen (secondary N) is 1. The second-order valence-corrected chi connectivity index (χ2v) is 19.1. The van der Waals surface area contributed by atoms with Gasteiger partial charge in [-0.3, -0.25) is 19.2 Å². The summed E-state index contributed by atoms with van der Waals surface area (Å²) >= 11 is 3.26. The van der Waals surface area contributed by atoms with Crippen LogP contribution in [0.4, 0.5) is 0 Å². The van der Waals surface area contributed by atoms with Crippen LogP contribution < -0.4 is 5.32 Å². The number of thiazole rings is 2. The van der Waals surface area contributed by atoms with Crippen molar-refractivity contribution >= 4 is 46.2 Å². The fraction of sp³-hybridized carbons (Fsp3) is 0.358. The first kappa shape index (κ1) is 44.8.